The summed E-state index contributed by atoms with van der Waals surface area (Å²) in [5.74, 6) is 0. The van der Waals surface area contributed by atoms with Crippen LogP contribution < -0.4 is 0 Å². The first kappa shape index (κ1) is 16.5. The van der Waals surface area contributed by atoms with Crippen LogP contribution >= 0.6 is 99.7 Å². The van der Waals surface area contributed by atoms with Crippen molar-refractivity contribution in [2.45, 2.75) is 0 Å². The molecular weight excluding hydrogens is 431 g/mol. The zero-order valence-corrected chi connectivity index (χ0v) is 16.4. The highest BCUT2D eigenvalue weighted by Gasteiger charge is 2.64. The van der Waals surface area contributed by atoms with E-state index >= 15 is 0 Å². The second-order valence-corrected chi connectivity index (χ2v) is 55.6. The van der Waals surface area contributed by atoms with Crippen LogP contribution in [0.15, 0.2) is 0 Å². The fraction of sp³-hybridized carbons (Fsp3) is 0. The Morgan fingerprint density at radius 1 is 0.462 bits per heavy atom. The minimum Gasteiger partial charge on any atom is -0.130 e. The van der Waals surface area contributed by atoms with E-state index in [2.05, 4.69) is 0 Å². The molecule has 0 rings (SSSR count). The molecule has 0 spiro atoms. The van der Waals surface area contributed by atoms with Crippen LogP contribution in [-0.2, 0) is 0 Å². The van der Waals surface area contributed by atoms with Crippen molar-refractivity contribution in [3.05, 3.63) is 0 Å². The fourth-order valence-electron chi connectivity index (χ4n) is 0.557. The van der Waals surface area contributed by atoms with Gasteiger partial charge in [-0.15, -0.1) is 99.7 Å². The van der Waals surface area contributed by atoms with E-state index in [0.717, 1.165) is 0 Å². The Morgan fingerprint density at radius 3 is 0.615 bits per heavy atom. The molecule has 80 valence electrons. The van der Waals surface area contributed by atoms with E-state index in [1.54, 1.807) is 0 Å². The third kappa shape index (κ3) is 6.09. The number of hydrogen-bond donors (Lipinski definition) is 0. The second kappa shape index (κ2) is 5.41. The fourth-order valence-corrected chi connectivity index (χ4v) is 135. The molecule has 0 bridgehead atoms. The van der Waals surface area contributed by atoms with Gasteiger partial charge in [-0.3, -0.25) is 0 Å². The average Bonchev–Trinajstić information content (AvgIpc) is 1.44. The molecule has 0 aliphatic carbocycles. The Morgan fingerprint density at radius 2 is 0.615 bits per heavy atom. The van der Waals surface area contributed by atoms with Gasteiger partial charge in [0, 0.05) is 0 Å². The quantitative estimate of drug-likeness (QED) is 0.458. The number of halogens is 9. The molecule has 0 aliphatic heterocycles. The minimum absolute atomic E-state index is 2.49. The lowest BCUT2D eigenvalue weighted by Gasteiger charge is -2.28. The van der Waals surface area contributed by atoms with Crippen LogP contribution in [0.5, 0.6) is 0 Å². The molecule has 0 heterocycles. The zero-order valence-electron chi connectivity index (χ0n) is 5.48. The van der Waals surface area contributed by atoms with Gasteiger partial charge in [-0.25, -0.2) is 0 Å². The van der Waals surface area contributed by atoms with Gasteiger partial charge in [-0.2, -0.15) is 0 Å². The highest BCUT2D eigenvalue weighted by Crippen LogP contribution is 2.43. The first-order chi connectivity index (χ1) is 5.37. The second-order valence-electron chi connectivity index (χ2n) is 2.06. The molecule has 13 heavy (non-hydrogen) atoms. The van der Waals surface area contributed by atoms with Gasteiger partial charge in [0.15, 0.2) is 7.35 Å². The van der Waals surface area contributed by atoms with Crippen molar-refractivity contribution in [1.29, 1.82) is 0 Å². The van der Waals surface area contributed by atoms with Crippen LogP contribution in [0.4, 0.5) is 0 Å². The summed E-state index contributed by atoms with van der Waals surface area (Å²) in [4.78, 5) is 0. The van der Waals surface area contributed by atoms with Crippen molar-refractivity contribution in [2.24, 2.45) is 0 Å². The van der Waals surface area contributed by atoms with Crippen molar-refractivity contribution in [2.75, 3.05) is 0 Å². The molecule has 0 aromatic heterocycles. The maximum absolute atomic E-state index is 5.76. The molecule has 0 saturated carbocycles. The lowest BCUT2D eigenvalue weighted by Crippen LogP contribution is -2.62. The first-order valence-electron chi connectivity index (χ1n) is 2.57. The number of rotatable bonds is 3. The molecule has 0 aromatic rings. The van der Waals surface area contributed by atoms with Crippen molar-refractivity contribution in [3.8, 4) is 0 Å². The van der Waals surface area contributed by atoms with E-state index in [1.165, 1.54) is 0 Å². The SMILES string of the molecule is Cl[Si](Cl)(Cl)[SiH]([Si](Cl)(Cl)Cl)[Si](Cl)(Cl)Cl. The normalized spacial score (nSPS) is 15.2. The van der Waals surface area contributed by atoms with Gasteiger partial charge in [-0.05, 0) is 0 Å². The summed E-state index contributed by atoms with van der Waals surface area (Å²) in [5, 5.41) is 0. The molecule has 0 fully saturated rings. The maximum atomic E-state index is 5.76. The van der Waals surface area contributed by atoms with Gasteiger partial charge < -0.3 is 0 Å². The van der Waals surface area contributed by atoms with Crippen LogP contribution in [0.2, 0.25) is 0 Å². The lowest BCUT2D eigenvalue weighted by atomic mass is 26.2. The predicted molar refractivity (Wildman–Crippen MR) is 77.1 cm³/mol. The van der Waals surface area contributed by atoms with E-state index in [-0.39, 0.29) is 0 Å². The highest BCUT2D eigenvalue weighted by molar-refractivity contribution is 8.24. The van der Waals surface area contributed by atoms with Crippen molar-refractivity contribution in [3.63, 3.8) is 0 Å². The molecule has 13 heteroatoms. The Hall–Kier alpha value is 3.48. The third-order valence-electron chi connectivity index (χ3n) is 0.982. The summed E-state index contributed by atoms with van der Waals surface area (Å²) >= 11 is 51.9. The summed E-state index contributed by atoms with van der Waals surface area (Å²) in [6.07, 6.45) is 0. The Balaban J connectivity index is 5.02. The summed E-state index contributed by atoms with van der Waals surface area (Å²) in [7, 11) is -2.49. The van der Waals surface area contributed by atoms with Crippen LogP contribution in [0, 0.1) is 0 Å². The number of hydrogen-bond acceptors (Lipinski definition) is 0. The van der Waals surface area contributed by atoms with E-state index < -0.39 is 23.9 Å². The summed E-state index contributed by atoms with van der Waals surface area (Å²) in [6, 6.07) is 0. The topological polar surface area (TPSA) is 0 Å². The molecule has 0 aromatic carbocycles. The van der Waals surface area contributed by atoms with Gasteiger partial charge in [0.2, 0.25) is 0 Å². The molecule has 0 radical (unpaired) electrons. The van der Waals surface area contributed by atoms with E-state index in [4.69, 9.17) is 99.7 Å². The molecule has 0 N–H and O–H groups in total. The van der Waals surface area contributed by atoms with E-state index in [0.29, 0.717) is 0 Å². The van der Waals surface area contributed by atoms with Crippen LogP contribution in [-0.4, -0.2) is 23.9 Å². The lowest BCUT2D eigenvalue weighted by molar-refractivity contribution is 3.33. The summed E-state index contributed by atoms with van der Waals surface area (Å²) in [5.41, 5.74) is -9.51. The van der Waals surface area contributed by atoms with Crippen LogP contribution in [0.1, 0.15) is 0 Å². The molecule has 0 saturated heterocycles. The molecule has 0 atom stereocenters. The largest absolute Gasteiger partial charge is 0.325 e. The van der Waals surface area contributed by atoms with Crippen molar-refractivity contribution in [1.82, 2.24) is 0 Å². The van der Waals surface area contributed by atoms with E-state index in [9.17, 15) is 0 Å². The van der Waals surface area contributed by atoms with E-state index in [1.807, 2.05) is 0 Å². The monoisotopic (exact) mass is 428 g/mol. The Bertz CT molecular complexity index is 134. The first-order valence-corrected chi connectivity index (χ1v) is 23.1. The maximum Gasteiger partial charge on any atom is 0.325 e. The third-order valence-corrected chi connectivity index (χ3v) is 79.5. The molecule has 0 aliphatic rings. The van der Waals surface area contributed by atoms with Crippen LogP contribution in [0.25, 0.3) is 0 Å². The Kier molecular flexibility index (Phi) is 6.86. The van der Waals surface area contributed by atoms with Gasteiger partial charge >= 0.3 is 16.6 Å². The molecule has 0 unspecified atom stereocenters. The molecule has 0 nitrogen and oxygen atoms in total. The van der Waals surface area contributed by atoms with Crippen molar-refractivity contribution >= 4 is 124 Å². The predicted octanol–water partition coefficient (Wildman–Crippen LogP) is 4.41. The van der Waals surface area contributed by atoms with Gasteiger partial charge in [0.1, 0.15) is 0 Å². The summed E-state index contributed by atoms with van der Waals surface area (Å²) < 4.78 is 0. The standard InChI is InChI=1S/Cl9HSi4/c1-11(2,3)10(12(4,5)6)13(7,8)9/h10H. The van der Waals surface area contributed by atoms with Crippen molar-refractivity contribution < 1.29 is 0 Å². The Labute approximate surface area is 122 Å². The smallest absolute Gasteiger partial charge is 0.130 e. The molecular formula is HCl9Si4. The summed E-state index contributed by atoms with van der Waals surface area (Å²) in [6.45, 7) is 0. The van der Waals surface area contributed by atoms with Gasteiger partial charge in [-0.1, -0.05) is 0 Å². The minimum atomic E-state index is -3.17. The van der Waals surface area contributed by atoms with Crippen LogP contribution in [0.3, 0.4) is 0 Å². The van der Waals surface area contributed by atoms with Gasteiger partial charge in [0.05, 0.1) is 0 Å². The zero-order chi connectivity index (χ0) is 11.1. The van der Waals surface area contributed by atoms with Gasteiger partial charge in [0.25, 0.3) is 0 Å². The average molecular weight is 432 g/mol. The molecule has 0 amide bonds. The highest BCUT2D eigenvalue weighted by atomic mass is 35.9.